The van der Waals surface area contributed by atoms with Gasteiger partial charge in [0, 0.05) is 66.7 Å². The normalized spacial score (nSPS) is 16.3. The van der Waals surface area contributed by atoms with Gasteiger partial charge >= 0.3 is 0 Å². The second-order valence-electron chi connectivity index (χ2n) is 18.4. The zero-order valence-electron chi connectivity index (χ0n) is 37.4. The number of fused-ring (bicyclic) bond motifs is 15. The fourth-order valence-electron chi connectivity index (χ4n) is 11.8. The van der Waals surface area contributed by atoms with Crippen molar-refractivity contribution in [2.75, 3.05) is 4.90 Å². The summed E-state index contributed by atoms with van der Waals surface area (Å²) in [5.41, 5.74) is 14.2. The van der Waals surface area contributed by atoms with Crippen LogP contribution in [-0.2, 0) is 5.41 Å². The van der Waals surface area contributed by atoms with Crippen molar-refractivity contribution in [1.29, 1.82) is 0 Å². The van der Waals surface area contributed by atoms with Gasteiger partial charge in [-0.2, -0.15) is 9.97 Å². The van der Waals surface area contributed by atoms with Gasteiger partial charge in [0.05, 0.1) is 50.4 Å². The highest BCUT2D eigenvalue weighted by molar-refractivity contribution is 6.23. The van der Waals surface area contributed by atoms with E-state index in [0.717, 1.165) is 82.8 Å². The van der Waals surface area contributed by atoms with E-state index >= 15 is 0 Å². The lowest BCUT2D eigenvalue weighted by molar-refractivity contribution is 0.482. The molecule has 0 bridgehead atoms. The maximum atomic E-state index is 5.58. The second-order valence-corrected chi connectivity index (χ2v) is 18.4. The van der Waals surface area contributed by atoms with E-state index in [4.69, 9.17) is 19.9 Å². The van der Waals surface area contributed by atoms with Crippen molar-refractivity contribution in [3.05, 3.63) is 229 Å². The lowest BCUT2D eigenvalue weighted by atomic mass is 9.73. The third kappa shape index (κ3) is 5.22. The largest absolute Gasteiger partial charge is 0.331 e. The average Bonchev–Trinajstić information content (AvgIpc) is 4.12. The van der Waals surface area contributed by atoms with Crippen LogP contribution in [0.4, 0.5) is 11.4 Å². The van der Waals surface area contributed by atoms with Gasteiger partial charge in [0.25, 0.3) is 0 Å². The maximum absolute atomic E-state index is 5.58. The molecule has 8 nitrogen and oxygen atoms in total. The molecular formula is C61H40N8. The van der Waals surface area contributed by atoms with Crippen molar-refractivity contribution < 1.29 is 0 Å². The van der Waals surface area contributed by atoms with Crippen LogP contribution in [-0.4, -0.2) is 33.6 Å². The Morgan fingerprint density at radius 3 is 1.71 bits per heavy atom. The Morgan fingerprint density at radius 2 is 1.00 bits per heavy atom. The SMILES string of the molecule is CC12C=Cc3c(n(-c4ncc5c(-c6ccccc6)nc(-n6c7ccccc7c7ccc8c9ccccc9n(-c9ccccc9)c8c76)nc5n4)c4ccccc34)C1N(c1ccccc1)c1ccccc12. The predicted molar refractivity (Wildman–Crippen MR) is 280 cm³/mol. The van der Waals surface area contributed by atoms with Crippen molar-refractivity contribution in [2.45, 2.75) is 18.4 Å². The molecule has 2 aliphatic rings. The van der Waals surface area contributed by atoms with E-state index in [9.17, 15) is 0 Å². The molecule has 6 heterocycles. The lowest BCUT2D eigenvalue weighted by Crippen LogP contribution is -2.35. The number of hydrogen-bond acceptors (Lipinski definition) is 5. The summed E-state index contributed by atoms with van der Waals surface area (Å²) in [6, 6.07) is 71.0. The topological polar surface area (TPSA) is 69.6 Å². The van der Waals surface area contributed by atoms with Crippen molar-refractivity contribution in [3.63, 3.8) is 0 Å². The molecule has 1 aliphatic carbocycles. The first-order valence-electron chi connectivity index (χ1n) is 23.5. The molecule has 15 rings (SSSR count). The standard InChI is InChI=1S/C61H40N8/c1-61-36-35-46-43-27-13-17-31-51(43)69(56(46)57(61)67(40-23-9-4-10-24-40)52-32-18-14-28-48(52)61)59-62-37-47-53(38-19-5-2-6-20-38)63-60(65-58(47)64-59)68-50-30-16-12-26-42(50)45-34-33-44-41-25-11-15-29-49(41)66(54(44)55(45)68)39-21-7-3-8-22-39/h2-37,57H,1H3. The molecule has 5 aromatic heterocycles. The molecule has 8 aromatic carbocycles. The molecule has 69 heavy (non-hydrogen) atoms. The van der Waals surface area contributed by atoms with Crippen molar-refractivity contribution in [3.8, 4) is 28.8 Å². The minimum absolute atomic E-state index is 0.110. The van der Waals surface area contributed by atoms with Gasteiger partial charge in [0.1, 0.15) is 0 Å². The lowest BCUT2D eigenvalue weighted by Gasteiger charge is -2.38. The Labute approximate surface area is 396 Å². The number of benzene rings is 8. The molecule has 324 valence electrons. The number of hydrogen-bond donors (Lipinski definition) is 0. The summed E-state index contributed by atoms with van der Waals surface area (Å²) in [5, 5.41) is 6.50. The molecule has 2 atom stereocenters. The summed E-state index contributed by atoms with van der Waals surface area (Å²) in [6.45, 7) is 2.37. The molecule has 0 N–H and O–H groups in total. The van der Waals surface area contributed by atoms with Gasteiger partial charge in [0.15, 0.2) is 5.65 Å². The molecule has 0 spiro atoms. The van der Waals surface area contributed by atoms with E-state index in [2.05, 4.69) is 232 Å². The smallest absolute Gasteiger partial charge is 0.237 e. The maximum Gasteiger partial charge on any atom is 0.237 e. The molecule has 13 aromatic rings. The van der Waals surface area contributed by atoms with Crippen molar-refractivity contribution in [2.24, 2.45) is 0 Å². The molecule has 2 unspecified atom stereocenters. The van der Waals surface area contributed by atoms with Crippen LogP contribution < -0.4 is 4.90 Å². The highest BCUT2D eigenvalue weighted by atomic mass is 15.3. The van der Waals surface area contributed by atoms with Crippen LogP contribution in [0.1, 0.15) is 29.8 Å². The number of aromatic nitrogens is 7. The van der Waals surface area contributed by atoms with Crippen LogP contribution in [0.25, 0.3) is 100 Å². The molecule has 1 aliphatic heterocycles. The van der Waals surface area contributed by atoms with Gasteiger partial charge < -0.3 is 9.47 Å². The summed E-state index contributed by atoms with van der Waals surface area (Å²) in [5.74, 6) is 1.09. The fourth-order valence-corrected chi connectivity index (χ4v) is 11.8. The van der Waals surface area contributed by atoms with Crippen molar-refractivity contribution in [1.82, 2.24) is 33.6 Å². The van der Waals surface area contributed by atoms with Crippen molar-refractivity contribution >= 4 is 83.0 Å². The molecule has 0 fully saturated rings. The number of para-hydroxylation sites is 6. The monoisotopic (exact) mass is 884 g/mol. The second kappa shape index (κ2) is 14.2. The Balaban J connectivity index is 1.04. The van der Waals surface area contributed by atoms with Crippen LogP contribution >= 0.6 is 0 Å². The van der Waals surface area contributed by atoms with Gasteiger partial charge in [-0.15, -0.1) is 0 Å². The minimum atomic E-state index is -0.359. The Morgan fingerprint density at radius 1 is 0.449 bits per heavy atom. The highest BCUT2D eigenvalue weighted by Gasteiger charge is 2.52. The molecule has 0 saturated carbocycles. The predicted octanol–water partition coefficient (Wildman–Crippen LogP) is 14.4. The molecular weight excluding hydrogens is 845 g/mol. The number of anilines is 2. The quantitative estimate of drug-likeness (QED) is 0.172. The Kier molecular flexibility index (Phi) is 7.82. The van der Waals surface area contributed by atoms with Gasteiger partial charge in [-0.1, -0.05) is 164 Å². The summed E-state index contributed by atoms with van der Waals surface area (Å²) >= 11 is 0. The molecule has 0 radical (unpaired) electrons. The van der Waals surface area contributed by atoms with E-state index in [1.54, 1.807) is 0 Å². The van der Waals surface area contributed by atoms with E-state index < -0.39 is 0 Å². The van der Waals surface area contributed by atoms with E-state index in [-0.39, 0.29) is 11.5 Å². The molecule has 0 amide bonds. The van der Waals surface area contributed by atoms with Crippen LogP contribution in [0.2, 0.25) is 0 Å². The first-order valence-corrected chi connectivity index (χ1v) is 23.5. The Bertz CT molecular complexity index is 4280. The zero-order chi connectivity index (χ0) is 45.4. The minimum Gasteiger partial charge on any atom is -0.331 e. The van der Waals surface area contributed by atoms with Gasteiger partial charge in [-0.05, 0) is 61.0 Å². The highest BCUT2D eigenvalue weighted by Crippen LogP contribution is 2.60. The van der Waals surface area contributed by atoms with E-state index in [0.29, 0.717) is 17.5 Å². The van der Waals surface area contributed by atoms with E-state index in [1.165, 1.54) is 22.2 Å². The number of nitrogens with zero attached hydrogens (tertiary/aromatic N) is 8. The number of rotatable bonds is 5. The third-order valence-electron chi connectivity index (χ3n) is 14.8. The van der Waals surface area contributed by atoms with Crippen LogP contribution in [0.3, 0.4) is 0 Å². The summed E-state index contributed by atoms with van der Waals surface area (Å²) in [6.07, 6.45) is 6.66. The average molecular weight is 885 g/mol. The van der Waals surface area contributed by atoms with Gasteiger partial charge in [-0.25, -0.2) is 9.97 Å². The van der Waals surface area contributed by atoms with Gasteiger partial charge in [0.2, 0.25) is 11.9 Å². The summed E-state index contributed by atoms with van der Waals surface area (Å²) in [7, 11) is 0. The van der Waals surface area contributed by atoms with Gasteiger partial charge in [-0.3, -0.25) is 9.13 Å². The first-order chi connectivity index (χ1) is 34.1. The van der Waals surface area contributed by atoms with Crippen LogP contribution in [0.15, 0.2) is 212 Å². The molecule has 0 saturated heterocycles. The van der Waals surface area contributed by atoms with Crippen LogP contribution in [0.5, 0.6) is 0 Å². The first kappa shape index (κ1) is 38.0. The third-order valence-corrected chi connectivity index (χ3v) is 14.8. The molecule has 8 heteroatoms. The van der Waals surface area contributed by atoms with E-state index in [1.807, 2.05) is 12.3 Å². The van der Waals surface area contributed by atoms with Crippen LogP contribution in [0, 0.1) is 0 Å². The fraction of sp³-hybridized carbons (Fsp3) is 0.0492. The summed E-state index contributed by atoms with van der Waals surface area (Å²) in [4.78, 5) is 24.5. The summed E-state index contributed by atoms with van der Waals surface area (Å²) < 4.78 is 6.95. The Hall–Kier alpha value is -9.14. The zero-order valence-corrected chi connectivity index (χ0v) is 37.4.